The van der Waals surface area contributed by atoms with Crippen LogP contribution in [0.4, 0.5) is 0 Å². The topological polar surface area (TPSA) is 83.6 Å². The Morgan fingerprint density at radius 2 is 1.50 bits per heavy atom. The van der Waals surface area contributed by atoms with Crippen LogP contribution in [0.15, 0.2) is 52.3 Å². The van der Waals surface area contributed by atoms with Gasteiger partial charge in [-0.05, 0) is 55.7 Å². The molecule has 6 nitrogen and oxygen atoms in total. The van der Waals surface area contributed by atoms with Crippen LogP contribution in [0.2, 0.25) is 0 Å². The quantitative estimate of drug-likeness (QED) is 0.704. The number of sulfonamides is 2. The van der Waals surface area contributed by atoms with E-state index in [9.17, 15) is 16.8 Å². The van der Waals surface area contributed by atoms with Gasteiger partial charge in [0.2, 0.25) is 20.0 Å². The van der Waals surface area contributed by atoms with Crippen molar-refractivity contribution >= 4 is 20.0 Å². The molecule has 0 spiro atoms. The van der Waals surface area contributed by atoms with Gasteiger partial charge in [-0.3, -0.25) is 0 Å². The Kier molecular flexibility index (Phi) is 7.03. The maximum atomic E-state index is 12.8. The van der Waals surface area contributed by atoms with Crippen molar-refractivity contribution in [3.63, 3.8) is 0 Å². The van der Waals surface area contributed by atoms with Gasteiger partial charge in [-0.2, -0.15) is 4.31 Å². The molecule has 2 rings (SSSR count). The standard InChI is InChI=1S/C20H28N2O4S2/c1-6-22(7-2)28(25,26)19-12-10-18(11-13-19)17(5)21-27(23,24)20-14-15(3)8-9-16(20)4/h8-14,17,21H,6-7H2,1-5H3/t17-/m0/s1. The first kappa shape index (κ1) is 22.5. The minimum Gasteiger partial charge on any atom is -0.207 e. The van der Waals surface area contributed by atoms with E-state index >= 15 is 0 Å². The van der Waals surface area contributed by atoms with Crippen LogP contribution in [-0.4, -0.2) is 34.2 Å². The molecule has 0 unspecified atom stereocenters. The Balaban J connectivity index is 2.26. The third kappa shape index (κ3) is 4.81. The normalized spacial score (nSPS) is 13.6. The summed E-state index contributed by atoms with van der Waals surface area (Å²) in [5.74, 6) is 0. The number of nitrogens with zero attached hydrogens (tertiary/aromatic N) is 1. The summed E-state index contributed by atoms with van der Waals surface area (Å²) in [6.45, 7) is 9.71. The SMILES string of the molecule is CCN(CC)S(=O)(=O)c1ccc([C@H](C)NS(=O)(=O)c2cc(C)ccc2C)cc1. The summed E-state index contributed by atoms with van der Waals surface area (Å²) < 4.78 is 54.7. The number of hydrogen-bond acceptors (Lipinski definition) is 4. The Labute approximate surface area is 168 Å². The molecule has 0 fully saturated rings. The Morgan fingerprint density at radius 3 is 2.04 bits per heavy atom. The van der Waals surface area contributed by atoms with Crippen LogP contribution in [0.25, 0.3) is 0 Å². The smallest absolute Gasteiger partial charge is 0.207 e. The van der Waals surface area contributed by atoms with Crippen molar-refractivity contribution in [2.45, 2.75) is 50.5 Å². The highest BCUT2D eigenvalue weighted by atomic mass is 32.2. The first-order valence-electron chi connectivity index (χ1n) is 9.22. The van der Waals surface area contributed by atoms with Gasteiger partial charge in [-0.15, -0.1) is 0 Å². The Morgan fingerprint density at radius 1 is 0.929 bits per heavy atom. The monoisotopic (exact) mass is 424 g/mol. The van der Waals surface area contributed by atoms with Gasteiger partial charge < -0.3 is 0 Å². The average molecular weight is 425 g/mol. The van der Waals surface area contributed by atoms with Crippen molar-refractivity contribution in [3.8, 4) is 0 Å². The molecule has 154 valence electrons. The molecule has 0 aliphatic carbocycles. The lowest BCUT2D eigenvalue weighted by molar-refractivity contribution is 0.445. The second kappa shape index (κ2) is 8.73. The number of benzene rings is 2. The molecule has 0 aromatic heterocycles. The highest BCUT2D eigenvalue weighted by Crippen LogP contribution is 2.23. The summed E-state index contributed by atoms with van der Waals surface area (Å²) in [4.78, 5) is 0.449. The number of aryl methyl sites for hydroxylation is 2. The second-order valence-corrected chi connectivity index (χ2v) is 10.4. The molecular weight excluding hydrogens is 396 g/mol. The van der Waals surface area contributed by atoms with Crippen LogP contribution in [0.3, 0.4) is 0 Å². The first-order valence-corrected chi connectivity index (χ1v) is 12.1. The predicted octanol–water partition coefficient (Wildman–Crippen LogP) is 3.37. The second-order valence-electron chi connectivity index (χ2n) is 6.77. The largest absolute Gasteiger partial charge is 0.243 e. The van der Waals surface area contributed by atoms with Gasteiger partial charge in [0, 0.05) is 19.1 Å². The third-order valence-electron chi connectivity index (χ3n) is 4.69. The fourth-order valence-corrected chi connectivity index (χ4v) is 6.02. The van der Waals surface area contributed by atoms with Crippen LogP contribution in [-0.2, 0) is 20.0 Å². The van der Waals surface area contributed by atoms with Crippen LogP contribution >= 0.6 is 0 Å². The predicted molar refractivity (Wildman–Crippen MR) is 111 cm³/mol. The number of nitrogens with one attached hydrogen (secondary N) is 1. The molecule has 0 aliphatic rings. The highest BCUT2D eigenvalue weighted by molar-refractivity contribution is 7.89. The molecule has 0 saturated carbocycles. The van der Waals surface area contributed by atoms with Crippen molar-refractivity contribution in [2.75, 3.05) is 13.1 Å². The molecule has 28 heavy (non-hydrogen) atoms. The van der Waals surface area contributed by atoms with Crippen molar-refractivity contribution in [1.82, 2.24) is 9.03 Å². The van der Waals surface area contributed by atoms with Gasteiger partial charge in [-0.25, -0.2) is 21.6 Å². The molecular formula is C20H28N2O4S2. The fourth-order valence-electron chi connectivity index (χ4n) is 3.00. The van der Waals surface area contributed by atoms with E-state index in [0.29, 0.717) is 24.2 Å². The Hall–Kier alpha value is -1.74. The summed E-state index contributed by atoms with van der Waals surface area (Å²) >= 11 is 0. The lowest BCUT2D eigenvalue weighted by Gasteiger charge is -2.19. The molecule has 0 bridgehead atoms. The van der Waals surface area contributed by atoms with Gasteiger partial charge in [0.25, 0.3) is 0 Å². The van der Waals surface area contributed by atoms with E-state index in [1.165, 1.54) is 16.4 Å². The molecule has 0 amide bonds. The lowest BCUT2D eigenvalue weighted by Crippen LogP contribution is -2.30. The minimum atomic E-state index is -3.70. The summed E-state index contributed by atoms with van der Waals surface area (Å²) in [6.07, 6.45) is 0. The zero-order chi connectivity index (χ0) is 21.1. The van der Waals surface area contributed by atoms with Crippen molar-refractivity contribution in [3.05, 3.63) is 59.2 Å². The van der Waals surface area contributed by atoms with E-state index in [-0.39, 0.29) is 9.79 Å². The Bertz CT molecular complexity index is 1030. The zero-order valence-corrected chi connectivity index (χ0v) is 18.6. The maximum absolute atomic E-state index is 12.8. The average Bonchev–Trinajstić information content (AvgIpc) is 2.64. The van der Waals surface area contributed by atoms with E-state index in [1.54, 1.807) is 52.0 Å². The van der Waals surface area contributed by atoms with Gasteiger partial charge in [0.15, 0.2) is 0 Å². The van der Waals surface area contributed by atoms with Crippen LogP contribution in [0.1, 0.15) is 43.5 Å². The van der Waals surface area contributed by atoms with Gasteiger partial charge in [0.1, 0.15) is 0 Å². The molecule has 1 atom stereocenters. The number of hydrogen-bond donors (Lipinski definition) is 1. The molecule has 0 radical (unpaired) electrons. The highest BCUT2D eigenvalue weighted by Gasteiger charge is 2.23. The molecule has 0 aliphatic heterocycles. The van der Waals surface area contributed by atoms with E-state index in [4.69, 9.17) is 0 Å². The van der Waals surface area contributed by atoms with E-state index < -0.39 is 26.1 Å². The molecule has 1 N–H and O–H groups in total. The van der Waals surface area contributed by atoms with E-state index in [1.807, 2.05) is 13.0 Å². The summed E-state index contributed by atoms with van der Waals surface area (Å²) in [6, 6.07) is 11.1. The molecule has 0 saturated heterocycles. The summed E-state index contributed by atoms with van der Waals surface area (Å²) in [5, 5.41) is 0. The summed E-state index contributed by atoms with van der Waals surface area (Å²) in [7, 11) is -7.23. The maximum Gasteiger partial charge on any atom is 0.243 e. The molecule has 2 aromatic rings. The van der Waals surface area contributed by atoms with Crippen LogP contribution in [0, 0.1) is 13.8 Å². The molecule has 8 heteroatoms. The van der Waals surface area contributed by atoms with Crippen molar-refractivity contribution in [2.24, 2.45) is 0 Å². The zero-order valence-electron chi connectivity index (χ0n) is 16.9. The van der Waals surface area contributed by atoms with Gasteiger partial charge in [-0.1, -0.05) is 38.1 Å². The van der Waals surface area contributed by atoms with E-state index in [0.717, 1.165) is 5.56 Å². The lowest BCUT2D eigenvalue weighted by atomic mass is 10.1. The third-order valence-corrected chi connectivity index (χ3v) is 8.44. The number of rotatable bonds is 8. The molecule has 0 heterocycles. The molecule has 2 aromatic carbocycles. The van der Waals surface area contributed by atoms with E-state index in [2.05, 4.69) is 4.72 Å². The fraction of sp³-hybridized carbons (Fsp3) is 0.400. The summed E-state index contributed by atoms with van der Waals surface area (Å²) in [5.41, 5.74) is 2.22. The van der Waals surface area contributed by atoms with Crippen LogP contribution in [0.5, 0.6) is 0 Å². The van der Waals surface area contributed by atoms with Crippen LogP contribution < -0.4 is 4.72 Å². The van der Waals surface area contributed by atoms with Crippen molar-refractivity contribution < 1.29 is 16.8 Å². The minimum absolute atomic E-state index is 0.199. The first-order chi connectivity index (χ1) is 13.0. The van der Waals surface area contributed by atoms with Gasteiger partial charge in [0.05, 0.1) is 9.79 Å². The van der Waals surface area contributed by atoms with Gasteiger partial charge >= 0.3 is 0 Å². The van der Waals surface area contributed by atoms with Crippen molar-refractivity contribution in [1.29, 1.82) is 0 Å².